The molecule has 0 spiro atoms. The molecule has 0 radical (unpaired) electrons. The highest BCUT2D eigenvalue weighted by Gasteiger charge is 2.25. The van der Waals surface area contributed by atoms with Gasteiger partial charge in [0.25, 0.3) is 0 Å². The third-order valence-corrected chi connectivity index (χ3v) is 5.74. The number of ether oxygens (including phenoxy) is 2. The first-order valence-corrected chi connectivity index (χ1v) is 11.2. The van der Waals surface area contributed by atoms with Crippen LogP contribution in [-0.2, 0) is 9.47 Å². The Morgan fingerprint density at radius 1 is 1.06 bits per heavy atom. The number of hydrogen-bond donors (Lipinski definition) is 2. The number of amides is 1. The molecule has 2 aliphatic rings. The second-order valence-electron chi connectivity index (χ2n) is 9.36. The van der Waals surface area contributed by atoms with Crippen molar-refractivity contribution in [1.82, 2.24) is 15.3 Å². The number of hydrogen-bond acceptors (Lipinski definition) is 7. The number of alkyl carbamates (subject to hydrolysis) is 1. The number of morpholine rings is 1. The van der Waals surface area contributed by atoms with Crippen LogP contribution >= 0.6 is 0 Å². The van der Waals surface area contributed by atoms with Crippen LogP contribution in [0.4, 0.5) is 16.2 Å². The van der Waals surface area contributed by atoms with Crippen molar-refractivity contribution >= 4 is 28.5 Å². The van der Waals surface area contributed by atoms with Gasteiger partial charge in [0, 0.05) is 43.3 Å². The number of carbonyl (C=O) groups excluding carboxylic acids is 1. The zero-order valence-corrected chi connectivity index (χ0v) is 18.7. The summed E-state index contributed by atoms with van der Waals surface area (Å²) in [5.74, 6) is 0. The van der Waals surface area contributed by atoms with Crippen LogP contribution in [0.2, 0.25) is 0 Å². The van der Waals surface area contributed by atoms with E-state index in [2.05, 4.69) is 37.6 Å². The van der Waals surface area contributed by atoms with Crippen LogP contribution in [0.5, 0.6) is 0 Å². The van der Waals surface area contributed by atoms with Crippen LogP contribution in [0.15, 0.2) is 24.5 Å². The Kier molecular flexibility index (Phi) is 6.46. The number of nitrogens with zero attached hydrogens (tertiary/aromatic N) is 3. The Morgan fingerprint density at radius 2 is 1.74 bits per heavy atom. The molecule has 2 aromatic rings. The molecule has 1 saturated heterocycles. The molecular formula is C23H33N5O3. The number of benzene rings is 1. The third kappa shape index (κ3) is 5.76. The molecule has 168 valence electrons. The Balaban J connectivity index is 1.41. The highest BCUT2D eigenvalue weighted by Crippen LogP contribution is 2.31. The van der Waals surface area contributed by atoms with Crippen LogP contribution in [0.25, 0.3) is 11.0 Å². The second kappa shape index (κ2) is 9.26. The zero-order chi connectivity index (χ0) is 21.8. The van der Waals surface area contributed by atoms with Gasteiger partial charge in [0.2, 0.25) is 0 Å². The fourth-order valence-electron chi connectivity index (χ4n) is 4.25. The summed E-state index contributed by atoms with van der Waals surface area (Å²) in [6.45, 7) is 8.90. The predicted octanol–water partition coefficient (Wildman–Crippen LogP) is 3.71. The maximum absolute atomic E-state index is 12.1. The molecule has 8 nitrogen and oxygen atoms in total. The average Bonchev–Trinajstić information content (AvgIpc) is 2.74. The van der Waals surface area contributed by atoms with Crippen LogP contribution in [0.3, 0.4) is 0 Å². The zero-order valence-electron chi connectivity index (χ0n) is 18.7. The van der Waals surface area contributed by atoms with Gasteiger partial charge in [-0.15, -0.1) is 0 Å². The van der Waals surface area contributed by atoms with Crippen molar-refractivity contribution < 1.29 is 14.3 Å². The highest BCUT2D eigenvalue weighted by molar-refractivity contribution is 5.91. The number of fused-ring (bicyclic) bond motifs is 1. The minimum atomic E-state index is -0.476. The average molecular weight is 428 g/mol. The van der Waals surface area contributed by atoms with Crippen LogP contribution in [0.1, 0.15) is 46.5 Å². The fraction of sp³-hybridized carbons (Fsp3) is 0.609. The molecule has 4 rings (SSSR count). The summed E-state index contributed by atoms with van der Waals surface area (Å²) in [5.41, 5.74) is 3.49. The van der Waals surface area contributed by atoms with Crippen molar-refractivity contribution in [3.8, 4) is 0 Å². The lowest BCUT2D eigenvalue weighted by molar-refractivity contribution is 0.0492. The van der Waals surface area contributed by atoms with Gasteiger partial charge in [0.15, 0.2) is 0 Å². The molecule has 2 N–H and O–H groups in total. The maximum atomic E-state index is 12.1. The maximum Gasteiger partial charge on any atom is 0.407 e. The molecule has 1 saturated carbocycles. The van der Waals surface area contributed by atoms with E-state index in [1.165, 1.54) is 0 Å². The first-order chi connectivity index (χ1) is 14.9. The molecule has 31 heavy (non-hydrogen) atoms. The number of rotatable bonds is 4. The van der Waals surface area contributed by atoms with Gasteiger partial charge in [0.1, 0.15) is 11.1 Å². The number of carbonyl (C=O) groups is 1. The van der Waals surface area contributed by atoms with Crippen LogP contribution < -0.4 is 15.5 Å². The van der Waals surface area contributed by atoms with Crippen molar-refractivity contribution in [3.63, 3.8) is 0 Å². The number of anilines is 2. The summed E-state index contributed by atoms with van der Waals surface area (Å²) in [7, 11) is 0. The summed E-state index contributed by atoms with van der Waals surface area (Å²) >= 11 is 0. The van der Waals surface area contributed by atoms with Gasteiger partial charge >= 0.3 is 6.09 Å². The summed E-state index contributed by atoms with van der Waals surface area (Å²) < 4.78 is 10.9. The van der Waals surface area contributed by atoms with Crippen LogP contribution in [0, 0.1) is 0 Å². The van der Waals surface area contributed by atoms with E-state index in [4.69, 9.17) is 9.47 Å². The van der Waals surface area contributed by atoms with E-state index in [-0.39, 0.29) is 12.1 Å². The summed E-state index contributed by atoms with van der Waals surface area (Å²) in [4.78, 5) is 23.5. The van der Waals surface area contributed by atoms with Crippen molar-refractivity contribution in [2.45, 2.75) is 64.1 Å². The van der Waals surface area contributed by atoms with E-state index in [0.717, 1.165) is 74.4 Å². The van der Waals surface area contributed by atoms with E-state index in [1.54, 1.807) is 12.4 Å². The molecule has 0 atom stereocenters. The van der Waals surface area contributed by atoms with Crippen LogP contribution in [-0.4, -0.2) is 60.0 Å². The minimum absolute atomic E-state index is 0.157. The van der Waals surface area contributed by atoms with Crippen molar-refractivity contribution in [2.75, 3.05) is 36.5 Å². The minimum Gasteiger partial charge on any atom is -0.444 e. The molecule has 1 aliphatic carbocycles. The van der Waals surface area contributed by atoms with E-state index in [1.807, 2.05) is 20.8 Å². The van der Waals surface area contributed by atoms with Gasteiger partial charge in [-0.3, -0.25) is 9.97 Å². The summed E-state index contributed by atoms with van der Waals surface area (Å²) in [6.07, 6.45) is 6.94. The lowest BCUT2D eigenvalue weighted by Gasteiger charge is -2.32. The molecule has 1 aliphatic heterocycles. The highest BCUT2D eigenvalue weighted by atomic mass is 16.6. The topological polar surface area (TPSA) is 88.6 Å². The number of nitrogens with one attached hydrogen (secondary N) is 2. The number of aromatic nitrogens is 2. The SMILES string of the molecule is CC(C)(C)OC(=O)NC1CCC(Nc2cc(N3CCOCC3)cc3nccnc23)CC1. The fourth-order valence-corrected chi connectivity index (χ4v) is 4.25. The lowest BCUT2D eigenvalue weighted by Crippen LogP contribution is -2.42. The molecule has 1 aromatic carbocycles. The van der Waals surface area contributed by atoms with Gasteiger partial charge in [-0.1, -0.05) is 0 Å². The van der Waals surface area contributed by atoms with E-state index >= 15 is 0 Å². The van der Waals surface area contributed by atoms with Gasteiger partial charge in [0.05, 0.1) is 24.4 Å². The Labute approximate surface area is 183 Å². The first kappa shape index (κ1) is 21.6. The molecule has 1 aromatic heterocycles. The smallest absolute Gasteiger partial charge is 0.407 e. The van der Waals surface area contributed by atoms with E-state index in [0.29, 0.717) is 6.04 Å². The molecular weight excluding hydrogens is 394 g/mol. The Bertz CT molecular complexity index is 900. The first-order valence-electron chi connectivity index (χ1n) is 11.2. The largest absolute Gasteiger partial charge is 0.444 e. The molecule has 0 bridgehead atoms. The molecule has 2 fully saturated rings. The third-order valence-electron chi connectivity index (χ3n) is 5.74. The van der Waals surface area contributed by atoms with Crippen molar-refractivity contribution in [2.24, 2.45) is 0 Å². The quantitative estimate of drug-likeness (QED) is 0.769. The Morgan fingerprint density at radius 3 is 2.45 bits per heavy atom. The standard InChI is InChI=1S/C23H33N5O3/c1-23(2,3)31-22(29)27-17-6-4-16(5-7-17)26-20-15-18(28-10-12-30-13-11-28)14-19-21(20)25-9-8-24-19/h8-9,14-17,26H,4-7,10-13H2,1-3H3,(H,27,29). The molecule has 8 heteroatoms. The van der Waals surface area contributed by atoms with E-state index < -0.39 is 5.60 Å². The predicted molar refractivity (Wildman–Crippen MR) is 122 cm³/mol. The van der Waals surface area contributed by atoms with Crippen molar-refractivity contribution in [1.29, 1.82) is 0 Å². The van der Waals surface area contributed by atoms with Crippen molar-refractivity contribution in [3.05, 3.63) is 24.5 Å². The monoisotopic (exact) mass is 427 g/mol. The van der Waals surface area contributed by atoms with Gasteiger partial charge in [-0.05, 0) is 58.6 Å². The van der Waals surface area contributed by atoms with Gasteiger partial charge in [-0.25, -0.2) is 4.79 Å². The lowest BCUT2D eigenvalue weighted by atomic mass is 9.91. The Hall–Kier alpha value is -2.61. The second-order valence-corrected chi connectivity index (χ2v) is 9.36. The van der Waals surface area contributed by atoms with Gasteiger partial charge in [-0.2, -0.15) is 0 Å². The van der Waals surface area contributed by atoms with E-state index in [9.17, 15) is 4.79 Å². The normalized spacial score (nSPS) is 22.2. The summed E-state index contributed by atoms with van der Waals surface area (Å²) in [6, 6.07) is 4.79. The molecule has 0 unspecified atom stereocenters. The molecule has 2 heterocycles. The summed E-state index contributed by atoms with van der Waals surface area (Å²) in [5, 5.41) is 6.72. The molecule has 1 amide bonds. The van der Waals surface area contributed by atoms with Gasteiger partial charge < -0.3 is 25.0 Å².